The van der Waals surface area contributed by atoms with Crippen LogP contribution in [0.1, 0.15) is 16.7 Å². The van der Waals surface area contributed by atoms with Crippen LogP contribution in [-0.4, -0.2) is 38.4 Å². The number of fused-ring (bicyclic) bond motifs is 1. The molecule has 0 bridgehead atoms. The second-order valence-electron chi connectivity index (χ2n) is 7.98. The maximum absolute atomic E-state index is 13.4. The molecule has 1 N–H and O–H groups in total. The average molecular weight is 467 g/mol. The first-order valence-electron chi connectivity index (χ1n) is 10.6. The van der Waals surface area contributed by atoms with E-state index >= 15 is 0 Å². The summed E-state index contributed by atoms with van der Waals surface area (Å²) in [4.78, 5) is 13.0. The number of aryl methyl sites for hydroxylation is 2. The Morgan fingerprint density at radius 3 is 2.36 bits per heavy atom. The molecule has 4 rings (SSSR count). The lowest BCUT2D eigenvalue weighted by Gasteiger charge is -2.23. The number of sulfonamides is 1. The van der Waals surface area contributed by atoms with Crippen LogP contribution >= 0.6 is 0 Å². The van der Waals surface area contributed by atoms with E-state index in [2.05, 4.69) is 5.32 Å². The van der Waals surface area contributed by atoms with Crippen molar-refractivity contribution in [3.8, 4) is 11.5 Å². The van der Waals surface area contributed by atoms with Crippen molar-refractivity contribution in [2.75, 3.05) is 25.1 Å². The topological polar surface area (TPSA) is 84.9 Å². The number of benzene rings is 3. The third-order valence-corrected chi connectivity index (χ3v) is 7.05. The van der Waals surface area contributed by atoms with Gasteiger partial charge in [-0.1, -0.05) is 47.5 Å². The van der Waals surface area contributed by atoms with Gasteiger partial charge in [-0.05, 0) is 43.7 Å². The van der Waals surface area contributed by atoms with Crippen LogP contribution in [0.4, 0.5) is 5.69 Å². The van der Waals surface area contributed by atoms with Gasteiger partial charge in [0.05, 0.1) is 11.4 Å². The van der Waals surface area contributed by atoms with Crippen molar-refractivity contribution < 1.29 is 22.7 Å². The van der Waals surface area contributed by atoms with Crippen molar-refractivity contribution in [1.82, 2.24) is 4.31 Å². The highest BCUT2D eigenvalue weighted by molar-refractivity contribution is 7.89. The van der Waals surface area contributed by atoms with Crippen molar-refractivity contribution in [1.29, 1.82) is 0 Å². The van der Waals surface area contributed by atoms with Gasteiger partial charge in [0, 0.05) is 18.3 Å². The van der Waals surface area contributed by atoms with Crippen molar-refractivity contribution >= 4 is 21.6 Å². The number of anilines is 1. The van der Waals surface area contributed by atoms with Gasteiger partial charge < -0.3 is 14.8 Å². The summed E-state index contributed by atoms with van der Waals surface area (Å²) in [6.07, 6.45) is 0. The van der Waals surface area contributed by atoms with Crippen LogP contribution in [0.3, 0.4) is 0 Å². The fourth-order valence-corrected chi connectivity index (χ4v) is 4.97. The number of nitrogens with zero attached hydrogens (tertiary/aromatic N) is 1. The summed E-state index contributed by atoms with van der Waals surface area (Å²) < 4.78 is 39.1. The number of rotatable bonds is 7. The predicted molar refractivity (Wildman–Crippen MR) is 126 cm³/mol. The quantitative estimate of drug-likeness (QED) is 0.571. The van der Waals surface area contributed by atoms with Gasteiger partial charge in [0.2, 0.25) is 15.9 Å². The fraction of sp³-hybridized carbons (Fsp3) is 0.240. The minimum Gasteiger partial charge on any atom is -0.486 e. The summed E-state index contributed by atoms with van der Waals surface area (Å²) in [6.45, 7) is 4.48. The second kappa shape index (κ2) is 9.64. The van der Waals surface area contributed by atoms with Crippen molar-refractivity contribution in [2.45, 2.75) is 25.3 Å². The highest BCUT2D eigenvalue weighted by atomic mass is 32.2. The molecule has 0 saturated carbocycles. The molecule has 0 aromatic heterocycles. The van der Waals surface area contributed by atoms with Gasteiger partial charge in [-0.3, -0.25) is 4.79 Å². The fourth-order valence-electron chi connectivity index (χ4n) is 3.58. The lowest BCUT2D eigenvalue weighted by atomic mass is 10.1. The van der Waals surface area contributed by atoms with E-state index in [9.17, 15) is 13.2 Å². The zero-order valence-electron chi connectivity index (χ0n) is 18.6. The zero-order chi connectivity index (χ0) is 23.4. The van der Waals surface area contributed by atoms with E-state index in [1.807, 2.05) is 38.1 Å². The molecule has 1 aliphatic rings. The Balaban J connectivity index is 1.57. The van der Waals surface area contributed by atoms with Crippen molar-refractivity contribution in [2.24, 2.45) is 0 Å². The molecule has 0 radical (unpaired) electrons. The Hall–Kier alpha value is -3.36. The Morgan fingerprint density at radius 2 is 1.64 bits per heavy atom. The third-order valence-electron chi connectivity index (χ3n) is 5.25. The molecular weight excluding hydrogens is 440 g/mol. The van der Waals surface area contributed by atoms with Gasteiger partial charge >= 0.3 is 0 Å². The molecule has 0 saturated heterocycles. The van der Waals surface area contributed by atoms with Crippen LogP contribution in [-0.2, 0) is 21.4 Å². The third kappa shape index (κ3) is 5.53. The van der Waals surface area contributed by atoms with Gasteiger partial charge in [-0.15, -0.1) is 0 Å². The summed E-state index contributed by atoms with van der Waals surface area (Å²) in [5.74, 6) is 0.709. The molecule has 172 valence electrons. The SMILES string of the molecule is Cc1ccc(S(=O)(=O)N(CC(=O)Nc2ccc3c(c2)OCCO3)Cc2cccc(C)c2)cc1. The maximum atomic E-state index is 13.4. The lowest BCUT2D eigenvalue weighted by molar-refractivity contribution is -0.116. The van der Waals surface area contributed by atoms with Gasteiger partial charge in [-0.25, -0.2) is 8.42 Å². The van der Waals surface area contributed by atoms with E-state index in [4.69, 9.17) is 9.47 Å². The van der Waals surface area contributed by atoms with Gasteiger partial charge in [0.15, 0.2) is 11.5 Å². The molecular formula is C25H26N2O5S. The Kier molecular flexibility index (Phi) is 6.67. The number of ether oxygens (including phenoxy) is 2. The van der Waals surface area contributed by atoms with Gasteiger partial charge in [-0.2, -0.15) is 4.31 Å². The van der Waals surface area contributed by atoms with Crippen LogP contribution < -0.4 is 14.8 Å². The molecule has 3 aromatic rings. The molecule has 1 amide bonds. The molecule has 3 aromatic carbocycles. The van der Waals surface area contributed by atoms with E-state index in [0.717, 1.165) is 16.7 Å². The lowest BCUT2D eigenvalue weighted by Crippen LogP contribution is -2.37. The highest BCUT2D eigenvalue weighted by Gasteiger charge is 2.27. The molecule has 8 heteroatoms. The molecule has 0 unspecified atom stereocenters. The summed E-state index contributed by atoms with van der Waals surface area (Å²) in [6, 6.07) is 19.3. The number of hydrogen-bond acceptors (Lipinski definition) is 5. The minimum atomic E-state index is -3.90. The van der Waals surface area contributed by atoms with Crippen LogP contribution in [0.2, 0.25) is 0 Å². The van der Waals surface area contributed by atoms with Crippen molar-refractivity contribution in [3.05, 3.63) is 83.4 Å². The Bertz CT molecular complexity index is 1260. The monoisotopic (exact) mass is 466 g/mol. The normalized spacial score (nSPS) is 13.1. The number of hydrogen-bond donors (Lipinski definition) is 1. The van der Waals surface area contributed by atoms with Gasteiger partial charge in [0.25, 0.3) is 0 Å². The summed E-state index contributed by atoms with van der Waals surface area (Å²) in [5.41, 5.74) is 3.28. The summed E-state index contributed by atoms with van der Waals surface area (Å²) in [7, 11) is -3.90. The van der Waals surface area contributed by atoms with Crippen LogP contribution in [0, 0.1) is 13.8 Å². The van der Waals surface area contributed by atoms with E-state index < -0.39 is 15.9 Å². The first-order chi connectivity index (χ1) is 15.8. The smallest absolute Gasteiger partial charge is 0.243 e. The minimum absolute atomic E-state index is 0.0758. The first-order valence-corrected chi connectivity index (χ1v) is 12.1. The van der Waals surface area contributed by atoms with Crippen molar-refractivity contribution in [3.63, 3.8) is 0 Å². The molecule has 0 spiro atoms. The Labute approximate surface area is 194 Å². The van der Waals surface area contributed by atoms with Gasteiger partial charge in [0.1, 0.15) is 13.2 Å². The van der Waals surface area contributed by atoms with E-state index in [-0.39, 0.29) is 18.0 Å². The highest BCUT2D eigenvalue weighted by Crippen LogP contribution is 2.32. The molecule has 0 fully saturated rings. The number of carbonyl (C=O) groups excluding carboxylic acids is 1. The van der Waals surface area contributed by atoms with E-state index in [0.29, 0.717) is 30.4 Å². The van der Waals surface area contributed by atoms with E-state index in [1.165, 1.54) is 4.31 Å². The molecule has 0 atom stereocenters. The molecule has 33 heavy (non-hydrogen) atoms. The largest absolute Gasteiger partial charge is 0.486 e. The van der Waals surface area contributed by atoms with Crippen LogP contribution in [0.25, 0.3) is 0 Å². The number of carbonyl (C=O) groups is 1. The second-order valence-corrected chi connectivity index (χ2v) is 9.92. The predicted octanol–water partition coefficient (Wildman–Crippen LogP) is 3.90. The number of amides is 1. The number of nitrogens with one attached hydrogen (secondary N) is 1. The van der Waals surface area contributed by atoms with E-state index in [1.54, 1.807) is 42.5 Å². The first kappa shape index (κ1) is 22.8. The summed E-state index contributed by atoms with van der Waals surface area (Å²) >= 11 is 0. The van der Waals surface area contributed by atoms with Crippen LogP contribution in [0.5, 0.6) is 11.5 Å². The summed E-state index contributed by atoms with van der Waals surface area (Å²) in [5, 5.41) is 2.77. The maximum Gasteiger partial charge on any atom is 0.243 e. The Morgan fingerprint density at radius 1 is 0.909 bits per heavy atom. The molecule has 1 aliphatic heterocycles. The molecule has 1 heterocycles. The molecule has 7 nitrogen and oxygen atoms in total. The molecule has 0 aliphatic carbocycles. The zero-order valence-corrected chi connectivity index (χ0v) is 19.4. The standard InChI is InChI=1S/C25H26N2O5S/c1-18-6-9-22(10-7-18)33(29,30)27(16-20-5-3-4-19(2)14-20)17-25(28)26-21-8-11-23-24(15-21)32-13-12-31-23/h3-11,14-15H,12-13,16-17H2,1-2H3,(H,26,28). The van der Waals surface area contributed by atoms with Crippen LogP contribution in [0.15, 0.2) is 71.6 Å². The average Bonchev–Trinajstić information content (AvgIpc) is 2.79.